The average molecular weight is 256 g/mol. The van der Waals surface area contributed by atoms with E-state index in [1.54, 1.807) is 0 Å². The highest BCUT2D eigenvalue weighted by Crippen LogP contribution is 2.22. The predicted octanol–water partition coefficient (Wildman–Crippen LogP) is 1.61. The fourth-order valence-corrected chi connectivity index (χ4v) is 1.96. The summed E-state index contributed by atoms with van der Waals surface area (Å²) in [7, 11) is 0. The van der Waals surface area contributed by atoms with Gasteiger partial charge in [-0.15, -0.1) is 0 Å². The number of hydrogen-bond acceptors (Lipinski definition) is 3. The Morgan fingerprint density at radius 1 is 1.50 bits per heavy atom. The summed E-state index contributed by atoms with van der Waals surface area (Å²) >= 11 is 0. The lowest BCUT2D eigenvalue weighted by molar-refractivity contribution is -0.0372. The molecule has 18 heavy (non-hydrogen) atoms. The highest BCUT2D eigenvalue weighted by Gasteiger charge is 2.35. The van der Waals surface area contributed by atoms with E-state index in [4.69, 9.17) is 4.74 Å². The molecular weight excluding hydrogens is 242 g/mol. The summed E-state index contributed by atoms with van der Waals surface area (Å²) in [5.74, 6) is -3.00. The maximum Gasteiger partial charge on any atom is 0.257 e. The van der Waals surface area contributed by atoms with Crippen molar-refractivity contribution in [1.29, 1.82) is 0 Å². The third-order valence-electron chi connectivity index (χ3n) is 2.97. The molecule has 1 fully saturated rings. The van der Waals surface area contributed by atoms with Gasteiger partial charge in [-0.3, -0.25) is 4.79 Å². The molecule has 4 nitrogen and oxygen atoms in total. The Balaban J connectivity index is 2.33. The molecule has 0 spiro atoms. The molecular formula is C12H14F2N2O2. The second-order valence-electron chi connectivity index (χ2n) is 4.79. The van der Waals surface area contributed by atoms with Gasteiger partial charge < -0.3 is 9.64 Å². The van der Waals surface area contributed by atoms with Crippen LogP contribution in [-0.4, -0.2) is 41.1 Å². The molecule has 98 valence electrons. The number of carbonyl (C=O) groups is 1. The van der Waals surface area contributed by atoms with Gasteiger partial charge in [-0.05, 0) is 19.9 Å². The van der Waals surface area contributed by atoms with Gasteiger partial charge in [-0.25, -0.2) is 9.37 Å². The number of pyridine rings is 1. The smallest absolute Gasteiger partial charge is 0.257 e. The van der Waals surface area contributed by atoms with Crippen molar-refractivity contribution < 1.29 is 18.3 Å². The number of halogens is 2. The second kappa shape index (κ2) is 4.61. The van der Waals surface area contributed by atoms with Crippen molar-refractivity contribution in [3.8, 4) is 0 Å². The highest BCUT2D eigenvalue weighted by molar-refractivity contribution is 5.95. The van der Waals surface area contributed by atoms with E-state index in [0.29, 0.717) is 19.8 Å². The van der Waals surface area contributed by atoms with Crippen LogP contribution in [0.15, 0.2) is 12.3 Å². The van der Waals surface area contributed by atoms with Crippen LogP contribution in [0.3, 0.4) is 0 Å². The van der Waals surface area contributed by atoms with E-state index < -0.39 is 23.2 Å². The molecule has 1 aliphatic heterocycles. The SMILES string of the molecule is CC1(C)COCCN1C(=O)c1ccnc(F)c1F. The minimum Gasteiger partial charge on any atom is -0.377 e. The van der Waals surface area contributed by atoms with Crippen molar-refractivity contribution in [3.05, 3.63) is 29.6 Å². The van der Waals surface area contributed by atoms with E-state index in [1.165, 1.54) is 11.0 Å². The van der Waals surface area contributed by atoms with E-state index in [0.717, 1.165) is 6.20 Å². The average Bonchev–Trinajstić information content (AvgIpc) is 2.31. The number of rotatable bonds is 1. The molecule has 0 aromatic carbocycles. The fourth-order valence-electron chi connectivity index (χ4n) is 1.96. The molecule has 1 saturated heterocycles. The van der Waals surface area contributed by atoms with Crippen LogP contribution in [0.1, 0.15) is 24.2 Å². The van der Waals surface area contributed by atoms with Gasteiger partial charge in [0.05, 0.1) is 24.3 Å². The summed E-state index contributed by atoms with van der Waals surface area (Å²) in [5.41, 5.74) is -0.834. The number of ether oxygens (including phenoxy) is 1. The molecule has 1 amide bonds. The van der Waals surface area contributed by atoms with Crippen LogP contribution in [0.4, 0.5) is 8.78 Å². The van der Waals surface area contributed by atoms with Gasteiger partial charge in [0.2, 0.25) is 5.95 Å². The lowest BCUT2D eigenvalue weighted by atomic mass is 10.0. The van der Waals surface area contributed by atoms with Crippen LogP contribution in [0.2, 0.25) is 0 Å². The van der Waals surface area contributed by atoms with Crippen molar-refractivity contribution in [3.63, 3.8) is 0 Å². The molecule has 1 aliphatic rings. The summed E-state index contributed by atoms with van der Waals surface area (Å²) in [6.07, 6.45) is 1.08. The first-order valence-corrected chi connectivity index (χ1v) is 5.63. The third-order valence-corrected chi connectivity index (χ3v) is 2.97. The fraction of sp³-hybridized carbons (Fsp3) is 0.500. The maximum absolute atomic E-state index is 13.5. The van der Waals surface area contributed by atoms with Gasteiger partial charge in [0, 0.05) is 12.7 Å². The number of morpholine rings is 1. The van der Waals surface area contributed by atoms with Crippen LogP contribution in [0.25, 0.3) is 0 Å². The van der Waals surface area contributed by atoms with Crippen LogP contribution in [0.5, 0.6) is 0 Å². The minimum atomic E-state index is -1.26. The van der Waals surface area contributed by atoms with Crippen LogP contribution in [-0.2, 0) is 4.74 Å². The molecule has 0 N–H and O–H groups in total. The van der Waals surface area contributed by atoms with Crippen molar-refractivity contribution in [2.24, 2.45) is 0 Å². The highest BCUT2D eigenvalue weighted by atomic mass is 19.2. The second-order valence-corrected chi connectivity index (χ2v) is 4.79. The summed E-state index contributed by atoms with van der Waals surface area (Å²) < 4.78 is 31.8. The van der Waals surface area contributed by atoms with Gasteiger partial charge in [-0.2, -0.15) is 4.39 Å². The first kappa shape index (κ1) is 12.9. The van der Waals surface area contributed by atoms with Crippen molar-refractivity contribution in [2.75, 3.05) is 19.8 Å². The van der Waals surface area contributed by atoms with Crippen molar-refractivity contribution >= 4 is 5.91 Å². The van der Waals surface area contributed by atoms with E-state index in [2.05, 4.69) is 4.98 Å². The molecule has 1 aromatic rings. The van der Waals surface area contributed by atoms with Gasteiger partial charge in [0.1, 0.15) is 0 Å². The standard InChI is InChI=1S/C12H14F2N2O2/c1-12(2)7-18-6-5-16(12)11(17)8-3-4-15-10(14)9(8)13/h3-4H,5-7H2,1-2H3. The van der Waals surface area contributed by atoms with Crippen LogP contribution < -0.4 is 0 Å². The minimum absolute atomic E-state index is 0.294. The van der Waals surface area contributed by atoms with E-state index in [1.807, 2.05) is 13.8 Å². The topological polar surface area (TPSA) is 42.4 Å². The van der Waals surface area contributed by atoms with Gasteiger partial charge in [0.15, 0.2) is 5.82 Å². The summed E-state index contributed by atoms with van der Waals surface area (Å²) in [5, 5.41) is 0. The van der Waals surface area contributed by atoms with E-state index in [9.17, 15) is 13.6 Å². The van der Waals surface area contributed by atoms with Gasteiger partial charge in [0.25, 0.3) is 5.91 Å². The maximum atomic E-state index is 13.5. The Kier molecular flexibility index (Phi) is 3.30. The van der Waals surface area contributed by atoms with E-state index in [-0.39, 0.29) is 5.56 Å². The van der Waals surface area contributed by atoms with Gasteiger partial charge in [-0.1, -0.05) is 0 Å². The normalized spacial score (nSPS) is 18.8. The predicted molar refractivity (Wildman–Crippen MR) is 60.1 cm³/mol. The molecule has 0 unspecified atom stereocenters. The zero-order valence-electron chi connectivity index (χ0n) is 10.2. The molecule has 0 aliphatic carbocycles. The zero-order chi connectivity index (χ0) is 13.3. The zero-order valence-corrected chi connectivity index (χ0v) is 10.2. The Bertz CT molecular complexity index is 477. The van der Waals surface area contributed by atoms with Crippen LogP contribution in [0, 0.1) is 11.8 Å². The number of nitrogens with zero attached hydrogens (tertiary/aromatic N) is 2. The number of aromatic nitrogens is 1. The Morgan fingerprint density at radius 2 is 2.22 bits per heavy atom. The Morgan fingerprint density at radius 3 is 2.89 bits per heavy atom. The van der Waals surface area contributed by atoms with Crippen molar-refractivity contribution in [1.82, 2.24) is 9.88 Å². The largest absolute Gasteiger partial charge is 0.377 e. The molecule has 2 heterocycles. The van der Waals surface area contributed by atoms with E-state index >= 15 is 0 Å². The quantitative estimate of drug-likeness (QED) is 0.717. The van der Waals surface area contributed by atoms with Crippen molar-refractivity contribution in [2.45, 2.75) is 19.4 Å². The molecule has 2 rings (SSSR count). The summed E-state index contributed by atoms with van der Waals surface area (Å²) in [4.78, 5) is 16.9. The Hall–Kier alpha value is -1.56. The lowest BCUT2D eigenvalue weighted by Crippen LogP contribution is -2.55. The molecule has 0 saturated carbocycles. The third kappa shape index (κ3) is 2.20. The first-order valence-electron chi connectivity index (χ1n) is 5.63. The summed E-state index contributed by atoms with van der Waals surface area (Å²) in [6.45, 7) is 4.76. The molecule has 6 heteroatoms. The number of carbonyl (C=O) groups excluding carboxylic acids is 1. The molecule has 0 atom stereocenters. The van der Waals surface area contributed by atoms with Gasteiger partial charge >= 0.3 is 0 Å². The van der Waals surface area contributed by atoms with Crippen LogP contribution >= 0.6 is 0 Å². The monoisotopic (exact) mass is 256 g/mol. The first-order chi connectivity index (χ1) is 8.43. The number of hydrogen-bond donors (Lipinski definition) is 0. The lowest BCUT2D eigenvalue weighted by Gasteiger charge is -2.42. The molecule has 0 bridgehead atoms. The number of amides is 1. The summed E-state index contributed by atoms with van der Waals surface area (Å²) in [6, 6.07) is 1.19. The molecule has 0 radical (unpaired) electrons. The Labute approximate surface area is 104 Å². The molecule has 1 aromatic heterocycles.